The molecule has 1 amide bonds. The van der Waals surface area contributed by atoms with E-state index in [1.54, 1.807) is 16.2 Å². The predicted molar refractivity (Wildman–Crippen MR) is 102 cm³/mol. The molecule has 5 rings (SSSR count). The lowest BCUT2D eigenvalue weighted by molar-refractivity contribution is -0.175. The smallest absolute Gasteiger partial charge is 0.254 e. The summed E-state index contributed by atoms with van der Waals surface area (Å²) < 4.78 is 5.38. The SMILES string of the molecule is CO[C@H]1C(=O)N2CC3=C(c4cccs4)CC3=C(c3ccccc3)[C@@H](O)[C@@H]12. The first kappa shape index (κ1) is 16.0. The summed E-state index contributed by atoms with van der Waals surface area (Å²) in [5.41, 5.74) is 5.64. The summed E-state index contributed by atoms with van der Waals surface area (Å²) >= 11 is 1.72. The molecule has 1 N–H and O–H groups in total. The molecule has 2 aliphatic heterocycles. The van der Waals surface area contributed by atoms with Crippen molar-refractivity contribution in [2.24, 2.45) is 0 Å². The second-order valence-electron chi connectivity index (χ2n) is 6.93. The molecule has 2 aromatic rings. The van der Waals surface area contributed by atoms with Crippen LogP contribution in [0.1, 0.15) is 16.9 Å². The lowest BCUT2D eigenvalue weighted by atomic mass is 9.76. The molecular formula is C21H19NO3S. The second kappa shape index (κ2) is 5.91. The number of nitrogens with zero attached hydrogens (tertiary/aromatic N) is 1. The van der Waals surface area contributed by atoms with Gasteiger partial charge in [-0.25, -0.2) is 0 Å². The highest BCUT2D eigenvalue weighted by molar-refractivity contribution is 7.11. The van der Waals surface area contributed by atoms with E-state index in [9.17, 15) is 9.90 Å². The number of ether oxygens (including phenoxy) is 1. The maximum Gasteiger partial charge on any atom is 0.254 e. The summed E-state index contributed by atoms with van der Waals surface area (Å²) in [6, 6.07) is 13.9. The predicted octanol–water partition coefficient (Wildman–Crippen LogP) is 2.96. The molecule has 26 heavy (non-hydrogen) atoms. The van der Waals surface area contributed by atoms with Crippen molar-refractivity contribution in [3.8, 4) is 0 Å². The minimum Gasteiger partial charge on any atom is -0.386 e. The van der Waals surface area contributed by atoms with E-state index in [1.165, 1.54) is 28.7 Å². The van der Waals surface area contributed by atoms with E-state index in [0.29, 0.717) is 6.54 Å². The Kier molecular flexibility index (Phi) is 3.64. The van der Waals surface area contributed by atoms with Gasteiger partial charge in [-0.2, -0.15) is 0 Å². The number of allylic oxidation sites excluding steroid dienone is 1. The van der Waals surface area contributed by atoms with Crippen molar-refractivity contribution >= 4 is 28.4 Å². The monoisotopic (exact) mass is 365 g/mol. The molecule has 0 radical (unpaired) electrons. The molecule has 1 aliphatic carbocycles. The molecule has 1 aromatic carbocycles. The number of fused-ring (bicyclic) bond motifs is 2. The summed E-state index contributed by atoms with van der Waals surface area (Å²) in [5.74, 6) is -0.0323. The first-order valence-corrected chi connectivity index (χ1v) is 9.64. The van der Waals surface area contributed by atoms with Crippen LogP contribution in [0.15, 0.2) is 59.0 Å². The third-order valence-corrected chi connectivity index (χ3v) is 6.64. The summed E-state index contributed by atoms with van der Waals surface area (Å²) in [4.78, 5) is 15.5. The van der Waals surface area contributed by atoms with Gasteiger partial charge in [0.2, 0.25) is 0 Å². The maximum atomic E-state index is 12.5. The molecule has 1 aromatic heterocycles. The Bertz CT molecular complexity index is 929. The van der Waals surface area contributed by atoms with Crippen LogP contribution in [0.25, 0.3) is 11.1 Å². The number of hydrogen-bond acceptors (Lipinski definition) is 4. The number of hydrogen-bond donors (Lipinski definition) is 1. The number of thiophene rings is 1. The zero-order chi connectivity index (χ0) is 17.8. The lowest BCUT2D eigenvalue weighted by Gasteiger charge is -2.47. The number of carbonyl (C=O) groups excluding carboxylic acids is 1. The molecule has 3 heterocycles. The van der Waals surface area contributed by atoms with Crippen LogP contribution in [0.4, 0.5) is 0 Å². The lowest BCUT2D eigenvalue weighted by Crippen LogP contribution is -2.69. The quantitative estimate of drug-likeness (QED) is 0.851. The van der Waals surface area contributed by atoms with Gasteiger partial charge in [-0.05, 0) is 45.7 Å². The summed E-state index contributed by atoms with van der Waals surface area (Å²) in [7, 11) is 1.54. The number of rotatable bonds is 3. The Morgan fingerprint density at radius 3 is 2.62 bits per heavy atom. The van der Waals surface area contributed by atoms with Gasteiger partial charge >= 0.3 is 0 Å². The largest absolute Gasteiger partial charge is 0.386 e. The second-order valence-corrected chi connectivity index (χ2v) is 7.88. The zero-order valence-electron chi connectivity index (χ0n) is 14.4. The van der Waals surface area contributed by atoms with Crippen LogP contribution < -0.4 is 0 Å². The number of carbonyl (C=O) groups is 1. The number of aliphatic hydroxyl groups is 1. The summed E-state index contributed by atoms with van der Waals surface area (Å²) in [6.45, 7) is 0.555. The Balaban J connectivity index is 1.67. The standard InChI is InChI=1S/C21H19NO3S/c1-25-20-18-19(23)17(12-6-3-2-4-7-12)14-10-13(16-8-5-9-26-16)15(14)11-22(18)21(20)24/h2-9,18-20,23H,10-11H2,1H3/t18-,19+,20+/m0/s1. The maximum absolute atomic E-state index is 12.5. The van der Waals surface area contributed by atoms with E-state index in [4.69, 9.17) is 4.74 Å². The highest BCUT2D eigenvalue weighted by Gasteiger charge is 2.55. The van der Waals surface area contributed by atoms with Gasteiger partial charge in [-0.1, -0.05) is 36.4 Å². The van der Waals surface area contributed by atoms with Gasteiger partial charge in [0.1, 0.15) is 6.10 Å². The number of aliphatic hydroxyl groups excluding tert-OH is 1. The molecule has 3 aliphatic rings. The zero-order valence-corrected chi connectivity index (χ0v) is 15.2. The third kappa shape index (κ3) is 2.11. The van der Waals surface area contributed by atoms with E-state index in [-0.39, 0.29) is 11.9 Å². The topological polar surface area (TPSA) is 49.8 Å². The van der Waals surface area contributed by atoms with Crippen LogP contribution in [0, 0.1) is 0 Å². The fraction of sp³-hybridized carbons (Fsp3) is 0.286. The number of amides is 1. The number of β-lactam (4-membered cyclic amide) rings is 1. The average Bonchev–Trinajstić information content (AvgIpc) is 3.14. The van der Waals surface area contributed by atoms with Gasteiger partial charge in [0.05, 0.1) is 6.04 Å². The molecule has 3 atom stereocenters. The molecule has 0 saturated carbocycles. The van der Waals surface area contributed by atoms with Gasteiger partial charge in [-0.15, -0.1) is 11.3 Å². The summed E-state index contributed by atoms with van der Waals surface area (Å²) in [6.07, 6.45) is -0.464. The first-order chi connectivity index (χ1) is 12.7. The molecular weight excluding hydrogens is 346 g/mol. The first-order valence-electron chi connectivity index (χ1n) is 8.76. The van der Waals surface area contributed by atoms with Gasteiger partial charge < -0.3 is 14.7 Å². The Hall–Kier alpha value is -2.21. The molecule has 1 saturated heterocycles. The normalized spacial score (nSPS) is 27.5. The van der Waals surface area contributed by atoms with E-state index in [0.717, 1.165) is 17.6 Å². The van der Waals surface area contributed by atoms with Gasteiger partial charge in [-0.3, -0.25) is 4.79 Å². The molecule has 132 valence electrons. The Labute approximate surface area is 156 Å². The van der Waals surface area contributed by atoms with Crippen molar-refractivity contribution in [1.29, 1.82) is 0 Å². The number of benzene rings is 1. The van der Waals surface area contributed by atoms with E-state index in [1.807, 2.05) is 30.3 Å². The molecule has 1 fully saturated rings. The third-order valence-electron chi connectivity index (χ3n) is 5.71. The van der Waals surface area contributed by atoms with E-state index < -0.39 is 12.2 Å². The van der Waals surface area contributed by atoms with Gasteiger partial charge in [0, 0.05) is 18.5 Å². The van der Waals surface area contributed by atoms with Crippen molar-refractivity contribution in [3.63, 3.8) is 0 Å². The van der Waals surface area contributed by atoms with Crippen molar-refractivity contribution < 1.29 is 14.6 Å². The minimum absolute atomic E-state index is 0.0323. The van der Waals surface area contributed by atoms with E-state index >= 15 is 0 Å². The fourth-order valence-corrected chi connectivity index (χ4v) is 5.18. The van der Waals surface area contributed by atoms with Crippen molar-refractivity contribution in [2.75, 3.05) is 13.7 Å². The van der Waals surface area contributed by atoms with Crippen LogP contribution in [0.2, 0.25) is 0 Å². The molecule has 0 spiro atoms. The number of methoxy groups -OCH3 is 1. The molecule has 5 heteroatoms. The average molecular weight is 365 g/mol. The van der Waals surface area contributed by atoms with Crippen LogP contribution in [-0.2, 0) is 9.53 Å². The molecule has 4 nitrogen and oxygen atoms in total. The molecule has 0 bridgehead atoms. The van der Waals surface area contributed by atoms with Crippen molar-refractivity contribution in [1.82, 2.24) is 4.90 Å². The van der Waals surface area contributed by atoms with Gasteiger partial charge in [0.15, 0.2) is 6.10 Å². The highest BCUT2D eigenvalue weighted by Crippen LogP contribution is 2.51. The van der Waals surface area contributed by atoms with Crippen molar-refractivity contribution in [2.45, 2.75) is 24.7 Å². The van der Waals surface area contributed by atoms with Crippen LogP contribution >= 0.6 is 11.3 Å². The van der Waals surface area contributed by atoms with Gasteiger partial charge in [0.25, 0.3) is 5.91 Å². The van der Waals surface area contributed by atoms with Crippen LogP contribution in [-0.4, -0.2) is 47.8 Å². The van der Waals surface area contributed by atoms with Crippen molar-refractivity contribution in [3.05, 3.63) is 69.4 Å². The highest BCUT2D eigenvalue weighted by atomic mass is 32.1. The van der Waals surface area contributed by atoms with Crippen LogP contribution in [0.5, 0.6) is 0 Å². The Morgan fingerprint density at radius 2 is 1.92 bits per heavy atom. The minimum atomic E-state index is -0.738. The fourth-order valence-electron chi connectivity index (χ4n) is 4.38. The van der Waals surface area contributed by atoms with E-state index in [2.05, 4.69) is 17.5 Å². The van der Waals surface area contributed by atoms with Crippen LogP contribution in [0.3, 0.4) is 0 Å². The summed E-state index contributed by atoms with van der Waals surface area (Å²) in [5, 5.41) is 13.3. The Morgan fingerprint density at radius 1 is 1.12 bits per heavy atom. The molecule has 0 unspecified atom stereocenters.